The lowest BCUT2D eigenvalue weighted by Crippen LogP contribution is -2.23. The Bertz CT molecular complexity index is 1210. The van der Waals surface area contributed by atoms with E-state index >= 15 is 0 Å². The minimum Gasteiger partial charge on any atom is -0.507 e. The number of phenols is 1. The second-order valence-electron chi connectivity index (χ2n) is 10.0. The quantitative estimate of drug-likeness (QED) is 0.396. The molecule has 0 saturated heterocycles. The number of Topliss-reactive ketones (excluding diaryl/α,β-unsaturated/α-hetero) is 1. The van der Waals surface area contributed by atoms with Crippen LogP contribution < -0.4 is 9.47 Å². The molecular weight excluding hydrogens is 472 g/mol. The fraction of sp³-hybridized carbons (Fsp3) is 0.433. The molecule has 2 heterocycles. The Hall–Kier alpha value is -3.61. The van der Waals surface area contributed by atoms with Crippen molar-refractivity contribution in [2.24, 2.45) is 0 Å². The number of cyclic esters (lactones) is 1. The first-order valence-electron chi connectivity index (χ1n) is 13.0. The van der Waals surface area contributed by atoms with E-state index in [1.54, 1.807) is 19.1 Å². The van der Waals surface area contributed by atoms with Gasteiger partial charge in [-0.3, -0.25) is 9.59 Å². The van der Waals surface area contributed by atoms with Gasteiger partial charge in [0.1, 0.15) is 28.6 Å². The summed E-state index contributed by atoms with van der Waals surface area (Å²) in [4.78, 5) is 38.0. The monoisotopic (exact) mass is 506 g/mol. The number of phenolic OH excluding ortho intramolecular Hbond substituents is 1. The minimum atomic E-state index is -0.650. The summed E-state index contributed by atoms with van der Waals surface area (Å²) in [5.74, 6) is -0.767. The highest BCUT2D eigenvalue weighted by atomic mass is 16.5. The van der Waals surface area contributed by atoms with E-state index in [4.69, 9.17) is 14.2 Å². The number of allylic oxidation sites excluding steroid dienone is 1. The Labute approximate surface area is 217 Å². The molecule has 7 heteroatoms. The van der Waals surface area contributed by atoms with Crippen LogP contribution in [0.2, 0.25) is 0 Å². The predicted octanol–water partition coefficient (Wildman–Crippen LogP) is 6.10. The van der Waals surface area contributed by atoms with E-state index in [2.05, 4.69) is 0 Å². The van der Waals surface area contributed by atoms with Gasteiger partial charge in [0.05, 0.1) is 18.6 Å². The lowest BCUT2D eigenvalue weighted by Gasteiger charge is -2.28. The average molecular weight is 507 g/mol. The van der Waals surface area contributed by atoms with Gasteiger partial charge in [-0.1, -0.05) is 24.3 Å². The average Bonchev–Trinajstić information content (AvgIpc) is 2.82. The molecule has 1 N–H and O–H groups in total. The number of rotatable bonds is 3. The van der Waals surface area contributed by atoms with Crippen molar-refractivity contribution in [3.63, 3.8) is 0 Å². The van der Waals surface area contributed by atoms with E-state index in [1.165, 1.54) is 0 Å². The number of ketones is 1. The van der Waals surface area contributed by atoms with Crippen LogP contribution in [0.1, 0.15) is 98.7 Å². The molecule has 0 unspecified atom stereocenters. The first-order chi connectivity index (χ1) is 17.7. The van der Waals surface area contributed by atoms with Crippen molar-refractivity contribution < 1.29 is 33.7 Å². The number of aromatic hydroxyl groups is 1. The van der Waals surface area contributed by atoms with Gasteiger partial charge < -0.3 is 19.3 Å². The SMILES string of the molecule is CC(C)Oc1cccc([C@@H]2CC(=O)Oc3cc4c(c(O)c32)C(=O)O[C@H](C)CCCC(=O)CCCC=C4)c1. The van der Waals surface area contributed by atoms with Gasteiger partial charge in [0.2, 0.25) is 0 Å². The highest BCUT2D eigenvalue weighted by Gasteiger charge is 2.35. The van der Waals surface area contributed by atoms with Crippen molar-refractivity contribution >= 4 is 23.8 Å². The second-order valence-corrected chi connectivity index (χ2v) is 10.0. The van der Waals surface area contributed by atoms with Crippen LogP contribution in [-0.2, 0) is 14.3 Å². The van der Waals surface area contributed by atoms with Gasteiger partial charge in [0.25, 0.3) is 0 Å². The molecule has 7 nitrogen and oxygen atoms in total. The molecule has 0 amide bonds. The molecule has 2 aromatic carbocycles. The Morgan fingerprint density at radius 2 is 1.86 bits per heavy atom. The summed E-state index contributed by atoms with van der Waals surface area (Å²) in [5, 5.41) is 11.5. The molecule has 0 bridgehead atoms. The maximum absolute atomic E-state index is 13.3. The first kappa shape index (κ1) is 26.5. The van der Waals surface area contributed by atoms with Crippen LogP contribution in [-0.4, -0.2) is 35.0 Å². The number of ether oxygens (including phenoxy) is 3. The maximum Gasteiger partial charge on any atom is 0.342 e. The van der Waals surface area contributed by atoms with Gasteiger partial charge in [0, 0.05) is 24.3 Å². The normalized spacial score (nSPS) is 20.9. The molecule has 2 atom stereocenters. The zero-order valence-corrected chi connectivity index (χ0v) is 21.6. The first-order valence-corrected chi connectivity index (χ1v) is 13.0. The second kappa shape index (κ2) is 11.6. The summed E-state index contributed by atoms with van der Waals surface area (Å²) in [6, 6.07) is 9.01. The number of carbonyl (C=O) groups is 3. The standard InChI is InChI=1S/C30H34O7/c1-18(2)35-23-14-8-11-20(15-23)24-17-26(32)37-25-16-21-10-5-4-6-12-22(31)13-7-9-19(3)36-30(34)27(21)29(33)28(24)25/h5,8,10-11,14-16,18-19,24,33H,4,6-7,9,12-13,17H2,1-3H3/t19-,24+/m1/s1. The molecular formula is C30H34O7. The third-order valence-corrected chi connectivity index (χ3v) is 6.61. The summed E-state index contributed by atoms with van der Waals surface area (Å²) < 4.78 is 17.1. The zero-order valence-electron chi connectivity index (χ0n) is 21.6. The van der Waals surface area contributed by atoms with Crippen molar-refractivity contribution in [1.29, 1.82) is 0 Å². The van der Waals surface area contributed by atoms with E-state index in [0.29, 0.717) is 55.4 Å². The fourth-order valence-electron chi connectivity index (χ4n) is 4.88. The van der Waals surface area contributed by atoms with Gasteiger partial charge in [-0.25, -0.2) is 4.79 Å². The van der Waals surface area contributed by atoms with E-state index in [0.717, 1.165) is 5.56 Å². The van der Waals surface area contributed by atoms with Crippen LogP contribution in [0.3, 0.4) is 0 Å². The van der Waals surface area contributed by atoms with E-state index in [9.17, 15) is 19.5 Å². The Morgan fingerprint density at radius 1 is 1.08 bits per heavy atom. The van der Waals surface area contributed by atoms with Crippen LogP contribution in [0.15, 0.2) is 36.4 Å². The molecule has 196 valence electrons. The summed E-state index contributed by atoms with van der Waals surface area (Å²) in [6.07, 6.45) is 6.63. The van der Waals surface area contributed by atoms with E-state index in [1.807, 2.05) is 44.2 Å². The van der Waals surface area contributed by atoms with Gasteiger partial charge in [-0.15, -0.1) is 0 Å². The fourth-order valence-corrected chi connectivity index (χ4v) is 4.88. The molecule has 2 aromatic rings. The topological polar surface area (TPSA) is 99.1 Å². The molecule has 0 saturated carbocycles. The van der Waals surface area contributed by atoms with Crippen LogP contribution in [0.4, 0.5) is 0 Å². The lowest BCUT2D eigenvalue weighted by molar-refractivity contribution is -0.135. The number of benzene rings is 2. The molecule has 2 aliphatic heterocycles. The summed E-state index contributed by atoms with van der Waals surface area (Å²) >= 11 is 0. The van der Waals surface area contributed by atoms with Gasteiger partial charge in [-0.2, -0.15) is 0 Å². The summed E-state index contributed by atoms with van der Waals surface area (Å²) in [7, 11) is 0. The predicted molar refractivity (Wildman–Crippen MR) is 139 cm³/mol. The van der Waals surface area contributed by atoms with Gasteiger partial charge >= 0.3 is 11.9 Å². The molecule has 37 heavy (non-hydrogen) atoms. The molecule has 2 aliphatic rings. The van der Waals surface area contributed by atoms with Crippen LogP contribution in [0, 0.1) is 0 Å². The highest BCUT2D eigenvalue weighted by Crippen LogP contribution is 2.47. The zero-order chi connectivity index (χ0) is 26.5. The molecule has 0 radical (unpaired) electrons. The Morgan fingerprint density at radius 3 is 2.65 bits per heavy atom. The molecule has 4 rings (SSSR count). The molecule has 0 spiro atoms. The van der Waals surface area contributed by atoms with Crippen LogP contribution >= 0.6 is 0 Å². The smallest absolute Gasteiger partial charge is 0.342 e. The van der Waals surface area contributed by atoms with Gasteiger partial charge in [-0.05, 0) is 75.8 Å². The largest absolute Gasteiger partial charge is 0.507 e. The number of hydrogen-bond acceptors (Lipinski definition) is 7. The van der Waals surface area contributed by atoms with Crippen molar-refractivity contribution in [3.8, 4) is 17.2 Å². The third-order valence-electron chi connectivity index (χ3n) is 6.61. The van der Waals surface area contributed by atoms with Crippen molar-refractivity contribution in [1.82, 2.24) is 0 Å². The van der Waals surface area contributed by atoms with Crippen LogP contribution in [0.5, 0.6) is 17.2 Å². The Kier molecular flexibility index (Phi) is 8.31. The van der Waals surface area contributed by atoms with Gasteiger partial charge in [0.15, 0.2) is 0 Å². The van der Waals surface area contributed by atoms with Crippen molar-refractivity contribution in [2.45, 2.75) is 83.8 Å². The summed E-state index contributed by atoms with van der Waals surface area (Å²) in [6.45, 7) is 5.64. The number of esters is 2. The number of hydrogen-bond donors (Lipinski definition) is 1. The highest BCUT2D eigenvalue weighted by molar-refractivity contribution is 5.98. The van der Waals surface area contributed by atoms with Crippen LogP contribution in [0.25, 0.3) is 6.08 Å². The van der Waals surface area contributed by atoms with Crippen molar-refractivity contribution in [3.05, 3.63) is 58.7 Å². The Balaban J connectivity index is 1.80. The van der Waals surface area contributed by atoms with E-state index < -0.39 is 24.0 Å². The lowest BCUT2D eigenvalue weighted by atomic mass is 9.83. The minimum absolute atomic E-state index is 0.0137. The molecule has 0 aromatic heterocycles. The third kappa shape index (κ3) is 6.40. The van der Waals surface area contributed by atoms with E-state index in [-0.39, 0.29) is 35.4 Å². The van der Waals surface area contributed by atoms with Crippen molar-refractivity contribution in [2.75, 3.05) is 0 Å². The number of fused-ring (bicyclic) bond motifs is 2. The molecule has 0 fully saturated rings. The summed E-state index contributed by atoms with van der Waals surface area (Å²) in [5.41, 5.74) is 1.61. The molecule has 0 aliphatic carbocycles. The maximum atomic E-state index is 13.3. The number of carbonyl (C=O) groups excluding carboxylic acids is 3.